The van der Waals surface area contributed by atoms with Gasteiger partial charge in [0.2, 0.25) is 5.82 Å². The average Bonchev–Trinajstić information content (AvgIpc) is 2.80. The number of benzene rings is 1. The predicted octanol–water partition coefficient (Wildman–Crippen LogP) is 2.56. The summed E-state index contributed by atoms with van der Waals surface area (Å²) in [7, 11) is 1.58. The Morgan fingerprint density at radius 1 is 1.50 bits per heavy atom. The molecule has 5 nitrogen and oxygen atoms in total. The van der Waals surface area contributed by atoms with E-state index in [0.29, 0.717) is 11.4 Å². The van der Waals surface area contributed by atoms with Crippen LogP contribution in [0.2, 0.25) is 0 Å². The maximum Gasteiger partial charge on any atom is 0.260 e. The van der Waals surface area contributed by atoms with Crippen molar-refractivity contribution in [2.45, 2.75) is 19.4 Å². The molecular weight excluding hydrogens is 237 g/mol. The summed E-state index contributed by atoms with van der Waals surface area (Å²) in [5, 5.41) is 3.84. The minimum absolute atomic E-state index is 0.218. The van der Waals surface area contributed by atoms with Crippen LogP contribution in [0.3, 0.4) is 0 Å². The highest BCUT2D eigenvalue weighted by Crippen LogP contribution is 2.27. The number of ether oxygens (including phenoxy) is 1. The second kappa shape index (κ2) is 5.14. The van der Waals surface area contributed by atoms with Crippen molar-refractivity contribution in [1.29, 1.82) is 0 Å². The van der Waals surface area contributed by atoms with Gasteiger partial charge in [-0.3, -0.25) is 0 Å². The molecule has 0 bridgehead atoms. The van der Waals surface area contributed by atoms with E-state index in [0.717, 1.165) is 6.42 Å². The molecule has 0 radical (unpaired) electrons. The third-order valence-corrected chi connectivity index (χ3v) is 2.63. The van der Waals surface area contributed by atoms with Gasteiger partial charge >= 0.3 is 0 Å². The second-order valence-electron chi connectivity index (χ2n) is 3.82. The molecule has 1 heterocycles. The lowest BCUT2D eigenvalue weighted by molar-refractivity contribution is 0.0903. The molecule has 0 fully saturated rings. The number of nitrogens with two attached hydrogens (primary N) is 1. The zero-order valence-electron chi connectivity index (χ0n) is 10.2. The van der Waals surface area contributed by atoms with E-state index in [2.05, 4.69) is 10.1 Å². The Morgan fingerprint density at radius 3 is 2.89 bits per heavy atom. The van der Waals surface area contributed by atoms with Gasteiger partial charge in [-0.15, -0.1) is 0 Å². The fraction of sp³-hybridized carbons (Fsp3) is 0.333. The molecule has 0 aliphatic rings. The van der Waals surface area contributed by atoms with Crippen molar-refractivity contribution in [3.63, 3.8) is 0 Å². The van der Waals surface area contributed by atoms with Crippen LogP contribution in [0.15, 0.2) is 22.7 Å². The smallest absolute Gasteiger partial charge is 0.260 e. The van der Waals surface area contributed by atoms with Crippen LogP contribution >= 0.6 is 0 Å². The topological polar surface area (TPSA) is 74.2 Å². The molecule has 0 aliphatic heterocycles. The summed E-state index contributed by atoms with van der Waals surface area (Å²) >= 11 is 0. The van der Waals surface area contributed by atoms with Crippen LogP contribution in [-0.2, 0) is 4.74 Å². The normalized spacial score (nSPS) is 12.6. The van der Waals surface area contributed by atoms with Crippen LogP contribution in [0.25, 0.3) is 11.5 Å². The van der Waals surface area contributed by atoms with Crippen LogP contribution < -0.4 is 5.73 Å². The number of hydrogen-bond donors (Lipinski definition) is 1. The molecule has 2 aromatic rings. The summed E-state index contributed by atoms with van der Waals surface area (Å²) in [6, 6.07) is 4.02. The van der Waals surface area contributed by atoms with Gasteiger partial charge in [-0.25, -0.2) is 4.39 Å². The second-order valence-corrected chi connectivity index (χ2v) is 3.82. The molecule has 96 valence electrons. The largest absolute Gasteiger partial charge is 0.398 e. The van der Waals surface area contributed by atoms with Crippen molar-refractivity contribution in [2.75, 3.05) is 12.8 Å². The highest BCUT2D eigenvalue weighted by Gasteiger charge is 2.18. The van der Waals surface area contributed by atoms with E-state index in [1.165, 1.54) is 18.2 Å². The molecule has 2 N–H and O–H groups in total. The average molecular weight is 251 g/mol. The van der Waals surface area contributed by atoms with Crippen molar-refractivity contribution in [1.82, 2.24) is 10.1 Å². The molecule has 1 aromatic carbocycles. The molecule has 6 heteroatoms. The number of methoxy groups -OCH3 is 1. The number of halogens is 1. The number of hydrogen-bond acceptors (Lipinski definition) is 5. The maximum atomic E-state index is 12.9. The maximum absolute atomic E-state index is 12.9. The lowest BCUT2D eigenvalue weighted by Crippen LogP contribution is -2.01. The van der Waals surface area contributed by atoms with Crippen LogP contribution in [0, 0.1) is 5.82 Å². The first kappa shape index (κ1) is 12.5. The van der Waals surface area contributed by atoms with E-state index < -0.39 is 5.82 Å². The molecule has 0 saturated heterocycles. The molecule has 18 heavy (non-hydrogen) atoms. The number of nitrogens with zero attached hydrogens (tertiary/aromatic N) is 2. The highest BCUT2D eigenvalue weighted by molar-refractivity contribution is 5.70. The predicted molar refractivity (Wildman–Crippen MR) is 64.1 cm³/mol. The third kappa shape index (κ3) is 2.33. The van der Waals surface area contributed by atoms with Crippen LogP contribution in [0.1, 0.15) is 25.3 Å². The van der Waals surface area contributed by atoms with Crippen LogP contribution in [0.4, 0.5) is 10.1 Å². The molecule has 0 aliphatic carbocycles. The van der Waals surface area contributed by atoms with Crippen molar-refractivity contribution < 1.29 is 13.7 Å². The van der Waals surface area contributed by atoms with E-state index in [-0.39, 0.29) is 17.7 Å². The molecular formula is C12H14FN3O2. The Hall–Kier alpha value is -1.95. The fourth-order valence-corrected chi connectivity index (χ4v) is 1.66. The van der Waals surface area contributed by atoms with Gasteiger partial charge in [0.25, 0.3) is 5.89 Å². The number of aromatic nitrogens is 2. The third-order valence-electron chi connectivity index (χ3n) is 2.63. The summed E-state index contributed by atoms with van der Waals surface area (Å²) in [5.41, 5.74) is 6.48. The lowest BCUT2D eigenvalue weighted by Gasteiger charge is -2.06. The summed E-state index contributed by atoms with van der Waals surface area (Å²) in [4.78, 5) is 4.21. The van der Waals surface area contributed by atoms with E-state index in [1.807, 2.05) is 6.92 Å². The summed E-state index contributed by atoms with van der Waals surface area (Å²) in [5.74, 6) is 0.316. The quantitative estimate of drug-likeness (QED) is 0.845. The Labute approximate surface area is 104 Å². The van der Waals surface area contributed by atoms with Gasteiger partial charge in [-0.05, 0) is 24.6 Å². The van der Waals surface area contributed by atoms with Crippen molar-refractivity contribution in [3.05, 3.63) is 29.8 Å². The minimum Gasteiger partial charge on any atom is -0.398 e. The SMILES string of the molecule is CCC(OC)c1noc(-c2ccc(F)cc2N)n1. The number of rotatable bonds is 4. The molecule has 1 aromatic heterocycles. The van der Waals surface area contributed by atoms with Crippen molar-refractivity contribution >= 4 is 5.69 Å². The van der Waals surface area contributed by atoms with Gasteiger partial charge < -0.3 is 15.0 Å². The van der Waals surface area contributed by atoms with Gasteiger partial charge in [0.1, 0.15) is 11.9 Å². The first-order valence-corrected chi connectivity index (χ1v) is 5.57. The number of nitrogen functional groups attached to an aromatic ring is 1. The van der Waals surface area contributed by atoms with Gasteiger partial charge in [0.15, 0.2) is 0 Å². The van der Waals surface area contributed by atoms with E-state index >= 15 is 0 Å². The van der Waals surface area contributed by atoms with Crippen LogP contribution in [0.5, 0.6) is 0 Å². The van der Waals surface area contributed by atoms with Gasteiger partial charge in [-0.2, -0.15) is 4.98 Å². The first-order valence-electron chi connectivity index (χ1n) is 5.57. The molecule has 2 rings (SSSR count). The Bertz CT molecular complexity index is 538. The fourth-order valence-electron chi connectivity index (χ4n) is 1.66. The molecule has 0 saturated carbocycles. The first-order chi connectivity index (χ1) is 8.65. The van der Waals surface area contributed by atoms with E-state index in [4.69, 9.17) is 15.0 Å². The summed E-state index contributed by atoms with van der Waals surface area (Å²) < 4.78 is 23.3. The van der Waals surface area contributed by atoms with E-state index in [9.17, 15) is 4.39 Å². The Balaban J connectivity index is 2.34. The molecule has 0 spiro atoms. The number of anilines is 1. The molecule has 1 atom stereocenters. The zero-order chi connectivity index (χ0) is 13.1. The van der Waals surface area contributed by atoms with Gasteiger partial charge in [0, 0.05) is 12.8 Å². The minimum atomic E-state index is -0.403. The standard InChI is InChI=1S/C12H14FN3O2/c1-3-10(17-2)11-15-12(18-16-11)8-5-4-7(13)6-9(8)14/h4-6,10H,3,14H2,1-2H3. The van der Waals surface area contributed by atoms with Gasteiger partial charge in [0.05, 0.1) is 5.56 Å². The summed E-state index contributed by atoms with van der Waals surface area (Å²) in [6.45, 7) is 1.95. The van der Waals surface area contributed by atoms with Crippen molar-refractivity contribution in [3.8, 4) is 11.5 Å². The van der Waals surface area contributed by atoms with Crippen LogP contribution in [-0.4, -0.2) is 17.3 Å². The Morgan fingerprint density at radius 2 is 2.28 bits per heavy atom. The summed E-state index contributed by atoms with van der Waals surface area (Å²) in [6.07, 6.45) is 0.512. The van der Waals surface area contributed by atoms with Crippen molar-refractivity contribution in [2.24, 2.45) is 0 Å². The Kier molecular flexibility index (Phi) is 3.57. The molecule has 1 unspecified atom stereocenters. The van der Waals surface area contributed by atoms with Gasteiger partial charge in [-0.1, -0.05) is 12.1 Å². The monoisotopic (exact) mass is 251 g/mol. The highest BCUT2D eigenvalue weighted by atomic mass is 19.1. The lowest BCUT2D eigenvalue weighted by atomic mass is 10.2. The zero-order valence-corrected chi connectivity index (χ0v) is 10.2. The van der Waals surface area contributed by atoms with E-state index in [1.54, 1.807) is 7.11 Å². The molecule has 0 amide bonds.